The van der Waals surface area contributed by atoms with Gasteiger partial charge in [0.15, 0.2) is 0 Å². The van der Waals surface area contributed by atoms with Crippen LogP contribution in [0.2, 0.25) is 0 Å². The number of allylic oxidation sites excluding steroid dienone is 1. The molecule has 0 aliphatic heterocycles. The van der Waals surface area contributed by atoms with Crippen LogP contribution in [-0.4, -0.2) is 31.2 Å². The summed E-state index contributed by atoms with van der Waals surface area (Å²) < 4.78 is 5.19. The van der Waals surface area contributed by atoms with Crippen LogP contribution in [0.1, 0.15) is 54.9 Å². The number of rotatable bonds is 5. The van der Waals surface area contributed by atoms with Gasteiger partial charge in [-0.1, -0.05) is 40.7 Å². The molecule has 0 aromatic heterocycles. The van der Waals surface area contributed by atoms with Gasteiger partial charge in [0, 0.05) is 14.2 Å². The number of ether oxygens (including phenoxy) is 1. The van der Waals surface area contributed by atoms with E-state index < -0.39 is 0 Å². The summed E-state index contributed by atoms with van der Waals surface area (Å²) in [5.41, 5.74) is 0.126. The maximum atomic E-state index is 5.19. The molecule has 0 saturated heterocycles. The van der Waals surface area contributed by atoms with E-state index in [-0.39, 0.29) is 5.54 Å². The van der Waals surface area contributed by atoms with E-state index in [9.17, 15) is 0 Å². The van der Waals surface area contributed by atoms with Gasteiger partial charge in [-0.15, -0.1) is 0 Å². The van der Waals surface area contributed by atoms with Gasteiger partial charge in [0.1, 0.15) is 0 Å². The minimum Gasteiger partial charge on any atom is -0.382 e. The molecule has 0 aromatic carbocycles. The zero-order valence-electron chi connectivity index (χ0n) is 12.9. The van der Waals surface area contributed by atoms with Crippen molar-refractivity contribution >= 4 is 0 Å². The van der Waals surface area contributed by atoms with Crippen molar-refractivity contribution < 1.29 is 4.74 Å². The van der Waals surface area contributed by atoms with Crippen molar-refractivity contribution in [2.24, 2.45) is 0 Å². The Morgan fingerprint density at radius 3 is 1.88 bits per heavy atom. The van der Waals surface area contributed by atoms with Crippen LogP contribution in [0.25, 0.3) is 0 Å². The molecule has 0 fully saturated rings. The lowest BCUT2D eigenvalue weighted by atomic mass is 9.99. The Morgan fingerprint density at radius 1 is 1.19 bits per heavy atom. The number of likely N-dealkylation sites (N-methyl/N-ethyl adjacent to an activating group) is 1. The Bertz CT molecular complexity index is 146. The van der Waals surface area contributed by atoms with Gasteiger partial charge in [-0.2, -0.15) is 0 Å². The van der Waals surface area contributed by atoms with E-state index in [1.54, 1.807) is 7.11 Å². The lowest BCUT2D eigenvalue weighted by Gasteiger charge is -2.37. The molecule has 0 radical (unpaired) electrons. The Balaban J connectivity index is -0.000000376. The van der Waals surface area contributed by atoms with Crippen LogP contribution in [0.15, 0.2) is 12.3 Å². The van der Waals surface area contributed by atoms with Gasteiger partial charge in [0.25, 0.3) is 0 Å². The highest BCUT2D eigenvalue weighted by atomic mass is 16.5. The molecule has 0 aromatic rings. The third-order valence-corrected chi connectivity index (χ3v) is 2.44. The summed E-state index contributed by atoms with van der Waals surface area (Å²) in [4.78, 5) is 2.20. The topological polar surface area (TPSA) is 12.5 Å². The van der Waals surface area contributed by atoms with Gasteiger partial charge < -0.3 is 9.64 Å². The van der Waals surface area contributed by atoms with Gasteiger partial charge in [-0.05, 0) is 26.5 Å². The number of methoxy groups -OCH3 is 1. The molecule has 100 valence electrons. The molecular weight excluding hydrogens is 198 g/mol. The Morgan fingerprint density at radius 2 is 1.62 bits per heavy atom. The lowest BCUT2D eigenvalue weighted by Crippen LogP contribution is -2.43. The highest BCUT2D eigenvalue weighted by Gasteiger charge is 2.24. The van der Waals surface area contributed by atoms with Gasteiger partial charge in [-0.25, -0.2) is 0 Å². The molecule has 1 atom stereocenters. The largest absolute Gasteiger partial charge is 0.382 e. The molecule has 0 N–H and O–H groups in total. The van der Waals surface area contributed by atoms with Crippen molar-refractivity contribution in [1.29, 1.82) is 0 Å². The molecule has 0 heterocycles. The third kappa shape index (κ3) is 8.78. The minimum atomic E-state index is 0.126. The molecule has 16 heavy (non-hydrogen) atoms. The molecule has 0 saturated carbocycles. The molecule has 0 bridgehead atoms. The predicted octanol–water partition coefficient (Wildman–Crippen LogP) is 4.32. The third-order valence-electron chi connectivity index (χ3n) is 2.44. The first-order valence-corrected chi connectivity index (χ1v) is 6.45. The molecule has 0 aliphatic rings. The second-order valence-electron chi connectivity index (χ2n) is 3.38. The standard InChI is InChI=1S/C10H21NO.2C2H6/c1-6-8-11(4)10(3,7-2)9-12-5;2*1-2/h6,8H,7,9H2,1-5H3;2*1-2H3/b8-6-;;. The minimum absolute atomic E-state index is 0.126. The smallest absolute Gasteiger partial charge is 0.0691 e. The summed E-state index contributed by atoms with van der Waals surface area (Å²) >= 11 is 0. The maximum absolute atomic E-state index is 5.19. The first-order chi connectivity index (χ1) is 7.60. The summed E-state index contributed by atoms with van der Waals surface area (Å²) in [6, 6.07) is 0. The summed E-state index contributed by atoms with van der Waals surface area (Å²) in [6.45, 7) is 15.2. The first kappa shape index (κ1) is 20.9. The molecule has 0 aliphatic carbocycles. The monoisotopic (exact) mass is 231 g/mol. The van der Waals surface area contributed by atoms with Gasteiger partial charge >= 0.3 is 0 Å². The fourth-order valence-corrected chi connectivity index (χ4v) is 1.17. The van der Waals surface area contributed by atoms with Gasteiger partial charge in [-0.3, -0.25) is 0 Å². The summed E-state index contributed by atoms with van der Waals surface area (Å²) in [5, 5.41) is 0. The van der Waals surface area contributed by atoms with Crippen LogP contribution in [-0.2, 0) is 4.74 Å². The average molecular weight is 231 g/mol. The predicted molar refractivity (Wildman–Crippen MR) is 75.8 cm³/mol. The fraction of sp³-hybridized carbons (Fsp3) is 0.857. The zero-order chi connectivity index (χ0) is 13.6. The maximum Gasteiger partial charge on any atom is 0.0691 e. The van der Waals surface area contributed by atoms with Gasteiger partial charge in [0.05, 0.1) is 12.1 Å². The van der Waals surface area contributed by atoms with Crippen molar-refractivity contribution in [2.45, 2.75) is 60.4 Å². The molecule has 0 spiro atoms. The van der Waals surface area contributed by atoms with E-state index in [1.807, 2.05) is 40.7 Å². The highest BCUT2D eigenvalue weighted by molar-refractivity contribution is 4.90. The van der Waals surface area contributed by atoms with Crippen LogP contribution < -0.4 is 0 Å². The van der Waals surface area contributed by atoms with E-state index >= 15 is 0 Å². The molecule has 0 amide bonds. The second-order valence-corrected chi connectivity index (χ2v) is 3.38. The average Bonchev–Trinajstić information content (AvgIpc) is 2.34. The van der Waals surface area contributed by atoms with Crippen LogP contribution in [0.5, 0.6) is 0 Å². The number of nitrogens with zero attached hydrogens (tertiary/aromatic N) is 1. The lowest BCUT2D eigenvalue weighted by molar-refractivity contribution is 0.0618. The SMILES string of the molecule is C/C=C\N(C)C(C)(CC)COC.CC.CC. The first-order valence-electron chi connectivity index (χ1n) is 6.45. The Kier molecular flexibility index (Phi) is 18.9. The second kappa shape index (κ2) is 14.5. The summed E-state index contributed by atoms with van der Waals surface area (Å²) in [5.74, 6) is 0. The van der Waals surface area contributed by atoms with Crippen LogP contribution in [0.3, 0.4) is 0 Å². The Hall–Kier alpha value is -0.500. The van der Waals surface area contributed by atoms with Crippen LogP contribution in [0.4, 0.5) is 0 Å². The summed E-state index contributed by atoms with van der Waals surface area (Å²) in [6.07, 6.45) is 5.22. The molecule has 1 unspecified atom stereocenters. The zero-order valence-corrected chi connectivity index (χ0v) is 12.9. The molecule has 2 nitrogen and oxygen atoms in total. The number of hydrogen-bond acceptors (Lipinski definition) is 2. The molecular formula is C14H33NO. The number of hydrogen-bond donors (Lipinski definition) is 0. The normalized spacial score (nSPS) is 13.1. The molecule has 0 rings (SSSR count). The van der Waals surface area contributed by atoms with E-state index in [2.05, 4.69) is 32.0 Å². The van der Waals surface area contributed by atoms with Crippen molar-refractivity contribution in [3.05, 3.63) is 12.3 Å². The van der Waals surface area contributed by atoms with E-state index in [4.69, 9.17) is 4.74 Å². The van der Waals surface area contributed by atoms with Crippen molar-refractivity contribution in [3.8, 4) is 0 Å². The van der Waals surface area contributed by atoms with E-state index in [0.717, 1.165) is 13.0 Å². The van der Waals surface area contributed by atoms with Crippen molar-refractivity contribution in [1.82, 2.24) is 4.90 Å². The van der Waals surface area contributed by atoms with Crippen LogP contribution in [0, 0.1) is 0 Å². The fourth-order valence-electron chi connectivity index (χ4n) is 1.17. The molecule has 2 heteroatoms. The quantitative estimate of drug-likeness (QED) is 0.698. The Labute approximate surface area is 104 Å². The van der Waals surface area contributed by atoms with Gasteiger partial charge in [0.2, 0.25) is 0 Å². The van der Waals surface area contributed by atoms with Crippen molar-refractivity contribution in [2.75, 3.05) is 20.8 Å². The van der Waals surface area contributed by atoms with E-state index in [0.29, 0.717) is 0 Å². The van der Waals surface area contributed by atoms with E-state index in [1.165, 1.54) is 0 Å². The van der Waals surface area contributed by atoms with Crippen molar-refractivity contribution in [3.63, 3.8) is 0 Å². The van der Waals surface area contributed by atoms with Crippen LogP contribution >= 0.6 is 0 Å². The highest BCUT2D eigenvalue weighted by Crippen LogP contribution is 2.17. The summed E-state index contributed by atoms with van der Waals surface area (Å²) in [7, 11) is 3.83.